The summed E-state index contributed by atoms with van der Waals surface area (Å²) in [6.07, 6.45) is 3.96. The van der Waals surface area contributed by atoms with Crippen LogP contribution >= 0.6 is 11.3 Å². The Morgan fingerprint density at radius 1 is 1.36 bits per heavy atom. The smallest absolute Gasteiger partial charge is 0.263 e. The van der Waals surface area contributed by atoms with Crippen LogP contribution in [0.25, 0.3) is 0 Å². The number of carbonyl (C=O) groups is 1. The number of rotatable bonds is 3. The summed E-state index contributed by atoms with van der Waals surface area (Å²) in [5, 5.41) is 0. The van der Waals surface area contributed by atoms with E-state index >= 15 is 0 Å². The number of thiophene rings is 1. The van der Waals surface area contributed by atoms with E-state index in [1.165, 1.54) is 4.88 Å². The lowest BCUT2D eigenvalue weighted by molar-refractivity contribution is 0.0722. The number of hydrogen-bond donors (Lipinski definition) is 0. The van der Waals surface area contributed by atoms with Gasteiger partial charge in [0.25, 0.3) is 5.91 Å². The van der Waals surface area contributed by atoms with Gasteiger partial charge < -0.3 is 9.80 Å². The number of aryl methyl sites for hydroxylation is 1. The molecule has 4 nitrogen and oxygen atoms in total. The van der Waals surface area contributed by atoms with Crippen molar-refractivity contribution in [3.8, 4) is 0 Å². The molecule has 1 aliphatic rings. The van der Waals surface area contributed by atoms with E-state index in [0.29, 0.717) is 0 Å². The van der Waals surface area contributed by atoms with Gasteiger partial charge in [-0.1, -0.05) is 6.07 Å². The van der Waals surface area contributed by atoms with Crippen LogP contribution in [0.5, 0.6) is 0 Å². The van der Waals surface area contributed by atoms with Crippen molar-refractivity contribution in [2.75, 3.05) is 25.0 Å². The second-order valence-corrected chi connectivity index (χ2v) is 7.04. The molecule has 3 heterocycles. The standard InChI is InChI=1S/C17H21N3OS/c1-13-8-9-15(22-13)17(21)19(2)14-6-5-11-20(12-14)16-7-3-4-10-18-16/h3-4,7-10,14H,5-6,11-12H2,1-2H3/t14-/m1/s1. The van der Waals surface area contributed by atoms with Gasteiger partial charge >= 0.3 is 0 Å². The Hall–Kier alpha value is -1.88. The lowest BCUT2D eigenvalue weighted by Crippen LogP contribution is -2.48. The van der Waals surface area contributed by atoms with Crippen LogP contribution in [0.1, 0.15) is 27.4 Å². The lowest BCUT2D eigenvalue weighted by Gasteiger charge is -2.38. The number of hydrogen-bond acceptors (Lipinski definition) is 4. The predicted octanol–water partition coefficient (Wildman–Crippen LogP) is 3.19. The molecule has 22 heavy (non-hydrogen) atoms. The third kappa shape index (κ3) is 3.14. The second kappa shape index (κ2) is 6.48. The van der Waals surface area contributed by atoms with E-state index in [9.17, 15) is 4.79 Å². The van der Waals surface area contributed by atoms with Crippen molar-refractivity contribution in [1.29, 1.82) is 0 Å². The Labute approximate surface area is 135 Å². The van der Waals surface area contributed by atoms with E-state index < -0.39 is 0 Å². The molecule has 0 aromatic carbocycles. The third-order valence-electron chi connectivity index (χ3n) is 4.19. The molecule has 0 bridgehead atoms. The molecule has 0 saturated carbocycles. The Bertz CT molecular complexity index is 640. The summed E-state index contributed by atoms with van der Waals surface area (Å²) in [5.74, 6) is 1.13. The van der Waals surface area contributed by atoms with Gasteiger partial charge in [-0.3, -0.25) is 4.79 Å². The van der Waals surface area contributed by atoms with Crippen LogP contribution < -0.4 is 4.90 Å². The van der Waals surface area contributed by atoms with Gasteiger partial charge in [-0.05, 0) is 44.0 Å². The molecule has 5 heteroatoms. The van der Waals surface area contributed by atoms with Crippen molar-refractivity contribution in [3.63, 3.8) is 0 Å². The normalized spacial score (nSPS) is 18.3. The molecule has 0 unspecified atom stereocenters. The number of carbonyl (C=O) groups excluding carboxylic acids is 1. The number of amides is 1. The quantitative estimate of drug-likeness (QED) is 0.873. The van der Waals surface area contributed by atoms with Crippen molar-refractivity contribution in [2.45, 2.75) is 25.8 Å². The molecule has 1 fully saturated rings. The maximum absolute atomic E-state index is 12.6. The van der Waals surface area contributed by atoms with Crippen LogP contribution in [0, 0.1) is 6.92 Å². The van der Waals surface area contributed by atoms with Gasteiger partial charge in [0.1, 0.15) is 5.82 Å². The van der Waals surface area contributed by atoms with Crippen LogP contribution in [0.15, 0.2) is 36.5 Å². The van der Waals surface area contributed by atoms with E-state index in [-0.39, 0.29) is 11.9 Å². The fourth-order valence-electron chi connectivity index (χ4n) is 2.91. The van der Waals surface area contributed by atoms with Gasteiger partial charge in [-0.2, -0.15) is 0 Å². The van der Waals surface area contributed by atoms with E-state index in [1.54, 1.807) is 11.3 Å². The van der Waals surface area contributed by atoms with Crippen molar-refractivity contribution < 1.29 is 4.79 Å². The molecular weight excluding hydrogens is 294 g/mol. The molecular formula is C17H21N3OS. The highest BCUT2D eigenvalue weighted by molar-refractivity contribution is 7.13. The van der Waals surface area contributed by atoms with Gasteiger partial charge in [0, 0.05) is 37.3 Å². The average molecular weight is 315 g/mol. The fraction of sp³-hybridized carbons (Fsp3) is 0.412. The summed E-state index contributed by atoms with van der Waals surface area (Å²) < 4.78 is 0. The molecule has 0 radical (unpaired) electrons. The first-order valence-electron chi connectivity index (χ1n) is 7.65. The molecule has 116 valence electrons. The monoisotopic (exact) mass is 315 g/mol. The Morgan fingerprint density at radius 2 is 2.23 bits per heavy atom. The zero-order chi connectivity index (χ0) is 15.5. The summed E-state index contributed by atoms with van der Waals surface area (Å²) in [6.45, 7) is 3.89. The van der Waals surface area contributed by atoms with E-state index in [1.807, 2.05) is 55.4 Å². The van der Waals surface area contributed by atoms with Gasteiger partial charge in [0.2, 0.25) is 0 Å². The lowest BCUT2D eigenvalue weighted by atomic mass is 10.0. The first-order chi connectivity index (χ1) is 10.6. The number of piperidine rings is 1. The number of likely N-dealkylation sites (N-methyl/N-ethyl adjacent to an activating group) is 1. The SMILES string of the molecule is Cc1ccc(C(=O)N(C)[C@@H]2CCCN(c3ccccn3)C2)s1. The highest BCUT2D eigenvalue weighted by atomic mass is 32.1. The highest BCUT2D eigenvalue weighted by Gasteiger charge is 2.27. The molecule has 2 aromatic rings. The van der Waals surface area contributed by atoms with Crippen LogP contribution in [0.3, 0.4) is 0 Å². The summed E-state index contributed by atoms with van der Waals surface area (Å²) in [5.41, 5.74) is 0. The van der Waals surface area contributed by atoms with E-state index in [4.69, 9.17) is 0 Å². The third-order valence-corrected chi connectivity index (χ3v) is 5.18. The summed E-state index contributed by atoms with van der Waals surface area (Å²) in [7, 11) is 1.92. The van der Waals surface area contributed by atoms with E-state index in [0.717, 1.165) is 36.6 Å². The Morgan fingerprint density at radius 3 is 2.91 bits per heavy atom. The minimum absolute atomic E-state index is 0.131. The summed E-state index contributed by atoms with van der Waals surface area (Å²) in [4.78, 5) is 23.2. The van der Waals surface area contributed by atoms with Gasteiger partial charge in [-0.25, -0.2) is 4.98 Å². The molecule has 1 atom stereocenters. The molecule has 1 aliphatic heterocycles. The minimum atomic E-state index is 0.131. The minimum Gasteiger partial charge on any atom is -0.355 e. The topological polar surface area (TPSA) is 36.4 Å². The maximum Gasteiger partial charge on any atom is 0.263 e. The van der Waals surface area contributed by atoms with Crippen molar-refractivity contribution in [1.82, 2.24) is 9.88 Å². The van der Waals surface area contributed by atoms with Crippen LogP contribution in [-0.2, 0) is 0 Å². The number of pyridine rings is 1. The van der Waals surface area contributed by atoms with Gasteiger partial charge in [0.15, 0.2) is 0 Å². The molecule has 1 amide bonds. The number of aromatic nitrogens is 1. The zero-order valence-electron chi connectivity index (χ0n) is 13.0. The first kappa shape index (κ1) is 15.0. The number of anilines is 1. The highest BCUT2D eigenvalue weighted by Crippen LogP contribution is 2.23. The maximum atomic E-state index is 12.6. The second-order valence-electron chi connectivity index (χ2n) is 5.76. The van der Waals surface area contributed by atoms with Crippen LogP contribution in [0.2, 0.25) is 0 Å². The largest absolute Gasteiger partial charge is 0.355 e. The predicted molar refractivity (Wildman–Crippen MR) is 90.6 cm³/mol. The average Bonchev–Trinajstić information content (AvgIpc) is 3.01. The molecule has 1 saturated heterocycles. The Balaban J connectivity index is 1.70. The van der Waals surface area contributed by atoms with Crippen LogP contribution in [0.4, 0.5) is 5.82 Å². The van der Waals surface area contributed by atoms with Crippen LogP contribution in [-0.4, -0.2) is 42.0 Å². The van der Waals surface area contributed by atoms with Crippen molar-refractivity contribution in [2.24, 2.45) is 0 Å². The van der Waals surface area contributed by atoms with Crippen molar-refractivity contribution >= 4 is 23.1 Å². The molecule has 0 aliphatic carbocycles. The zero-order valence-corrected chi connectivity index (χ0v) is 13.8. The molecule has 0 spiro atoms. The Kier molecular flexibility index (Phi) is 4.43. The molecule has 3 rings (SSSR count). The fourth-order valence-corrected chi connectivity index (χ4v) is 3.76. The first-order valence-corrected chi connectivity index (χ1v) is 8.46. The number of nitrogens with zero attached hydrogens (tertiary/aromatic N) is 3. The molecule has 2 aromatic heterocycles. The van der Waals surface area contributed by atoms with Crippen molar-refractivity contribution in [3.05, 3.63) is 46.3 Å². The van der Waals surface area contributed by atoms with Gasteiger partial charge in [0.05, 0.1) is 4.88 Å². The van der Waals surface area contributed by atoms with E-state index in [2.05, 4.69) is 9.88 Å². The molecule has 0 N–H and O–H groups in total. The summed E-state index contributed by atoms with van der Waals surface area (Å²) in [6, 6.07) is 10.2. The summed E-state index contributed by atoms with van der Waals surface area (Å²) >= 11 is 1.57. The van der Waals surface area contributed by atoms with Gasteiger partial charge in [-0.15, -0.1) is 11.3 Å².